The van der Waals surface area contributed by atoms with Gasteiger partial charge in [0.15, 0.2) is 0 Å². The van der Waals surface area contributed by atoms with Crippen molar-refractivity contribution in [2.45, 2.75) is 64.2 Å². The Kier molecular flexibility index (Phi) is 6.88. The average molecular weight is 351 g/mol. The molecule has 0 bridgehead atoms. The Balaban J connectivity index is 1.47. The topological polar surface area (TPSA) is 26.3 Å². The molecule has 0 saturated carbocycles. The quantitative estimate of drug-likeness (QED) is 0.362. The fraction of sp³-hybridized carbons (Fsp3) is 0.458. The lowest BCUT2D eigenvalue weighted by Crippen LogP contribution is -2.12. The zero-order valence-electron chi connectivity index (χ0n) is 15.9. The number of carbonyl (C=O) groups excluding carboxylic acids is 1. The Bertz CT molecular complexity index is 674. The molecule has 0 saturated heterocycles. The number of benzene rings is 2. The highest BCUT2D eigenvalue weighted by Crippen LogP contribution is 2.44. The van der Waals surface area contributed by atoms with Gasteiger partial charge in [-0.05, 0) is 28.7 Å². The molecule has 0 N–H and O–H groups in total. The molecule has 2 aromatic carbocycles. The van der Waals surface area contributed by atoms with Gasteiger partial charge in [-0.3, -0.25) is 4.79 Å². The molecule has 2 heteroatoms. The Morgan fingerprint density at radius 3 is 1.96 bits per heavy atom. The van der Waals surface area contributed by atoms with Crippen LogP contribution in [0.4, 0.5) is 0 Å². The van der Waals surface area contributed by atoms with Crippen molar-refractivity contribution in [2.24, 2.45) is 0 Å². The summed E-state index contributed by atoms with van der Waals surface area (Å²) in [5.74, 6) is 0.112. The van der Waals surface area contributed by atoms with E-state index in [-0.39, 0.29) is 11.9 Å². The molecule has 0 atom stereocenters. The molecule has 0 spiro atoms. The monoisotopic (exact) mass is 350 g/mol. The molecule has 0 aliphatic heterocycles. The maximum absolute atomic E-state index is 12.1. The number of unbranched alkanes of at least 4 members (excludes halogenated alkanes) is 6. The van der Waals surface area contributed by atoms with Gasteiger partial charge in [0, 0.05) is 12.3 Å². The van der Waals surface area contributed by atoms with Crippen molar-refractivity contribution in [2.75, 3.05) is 6.61 Å². The Labute approximate surface area is 157 Å². The summed E-state index contributed by atoms with van der Waals surface area (Å²) in [4.78, 5) is 12.1. The summed E-state index contributed by atoms with van der Waals surface area (Å²) in [5.41, 5.74) is 5.10. The first-order valence-corrected chi connectivity index (χ1v) is 10.1. The lowest BCUT2D eigenvalue weighted by Gasteiger charge is -2.14. The molecule has 3 rings (SSSR count). The molecule has 0 radical (unpaired) electrons. The second kappa shape index (κ2) is 9.56. The van der Waals surface area contributed by atoms with Crippen molar-refractivity contribution >= 4 is 5.97 Å². The van der Waals surface area contributed by atoms with Gasteiger partial charge in [-0.1, -0.05) is 94.0 Å². The third-order valence-corrected chi connectivity index (χ3v) is 5.36. The molecule has 138 valence electrons. The Hall–Kier alpha value is -2.09. The van der Waals surface area contributed by atoms with E-state index in [1.54, 1.807) is 0 Å². The van der Waals surface area contributed by atoms with Gasteiger partial charge >= 0.3 is 5.97 Å². The van der Waals surface area contributed by atoms with Crippen molar-refractivity contribution in [3.8, 4) is 11.1 Å². The molecular weight excluding hydrogens is 320 g/mol. The summed E-state index contributed by atoms with van der Waals surface area (Å²) in [5, 5.41) is 0. The van der Waals surface area contributed by atoms with E-state index in [9.17, 15) is 4.79 Å². The van der Waals surface area contributed by atoms with Crippen molar-refractivity contribution < 1.29 is 9.53 Å². The lowest BCUT2D eigenvalue weighted by molar-refractivity contribution is -0.144. The number of hydrogen-bond donors (Lipinski definition) is 0. The highest BCUT2D eigenvalue weighted by Gasteiger charge is 2.28. The minimum absolute atomic E-state index is 0.0552. The SMILES string of the molecule is CCCCCCCCCC(=O)OCC1c2ccccc2-c2ccccc21. The van der Waals surface area contributed by atoms with E-state index in [1.807, 2.05) is 0 Å². The molecule has 2 nitrogen and oxygen atoms in total. The van der Waals surface area contributed by atoms with Crippen LogP contribution in [0, 0.1) is 0 Å². The molecule has 0 fully saturated rings. The van der Waals surface area contributed by atoms with Crippen molar-refractivity contribution in [3.05, 3.63) is 59.7 Å². The van der Waals surface area contributed by atoms with Crippen LogP contribution in [0.5, 0.6) is 0 Å². The van der Waals surface area contributed by atoms with Gasteiger partial charge in [-0.2, -0.15) is 0 Å². The minimum Gasteiger partial charge on any atom is -0.465 e. The van der Waals surface area contributed by atoms with Gasteiger partial charge in [0.05, 0.1) is 0 Å². The van der Waals surface area contributed by atoms with Crippen molar-refractivity contribution in [3.63, 3.8) is 0 Å². The van der Waals surface area contributed by atoms with Gasteiger partial charge in [0.2, 0.25) is 0 Å². The van der Waals surface area contributed by atoms with Crippen LogP contribution in [0.2, 0.25) is 0 Å². The van der Waals surface area contributed by atoms with E-state index in [0.29, 0.717) is 13.0 Å². The smallest absolute Gasteiger partial charge is 0.305 e. The summed E-state index contributed by atoms with van der Waals surface area (Å²) in [6.45, 7) is 2.68. The first-order chi connectivity index (χ1) is 12.8. The Morgan fingerprint density at radius 1 is 0.808 bits per heavy atom. The summed E-state index contributed by atoms with van der Waals surface area (Å²) < 4.78 is 5.65. The van der Waals surface area contributed by atoms with Gasteiger partial charge in [0.25, 0.3) is 0 Å². The first-order valence-electron chi connectivity index (χ1n) is 10.1. The fourth-order valence-electron chi connectivity index (χ4n) is 3.91. The highest BCUT2D eigenvalue weighted by atomic mass is 16.5. The summed E-state index contributed by atoms with van der Waals surface area (Å²) >= 11 is 0. The third kappa shape index (κ3) is 4.55. The largest absolute Gasteiger partial charge is 0.465 e. The molecule has 0 aromatic heterocycles. The maximum atomic E-state index is 12.1. The maximum Gasteiger partial charge on any atom is 0.305 e. The van der Waals surface area contributed by atoms with Crippen LogP contribution in [0.3, 0.4) is 0 Å². The highest BCUT2D eigenvalue weighted by molar-refractivity contribution is 5.79. The predicted octanol–water partition coefficient (Wildman–Crippen LogP) is 6.48. The van der Waals surface area contributed by atoms with Crippen molar-refractivity contribution in [1.82, 2.24) is 0 Å². The minimum atomic E-state index is -0.0552. The number of carbonyl (C=O) groups is 1. The van der Waals surface area contributed by atoms with Crippen LogP contribution in [0.15, 0.2) is 48.5 Å². The first kappa shape index (κ1) is 18.7. The molecular formula is C24H30O2. The van der Waals surface area contributed by atoms with E-state index < -0.39 is 0 Å². The molecule has 0 unspecified atom stereocenters. The van der Waals surface area contributed by atoms with E-state index in [0.717, 1.165) is 12.8 Å². The van der Waals surface area contributed by atoms with Crippen LogP contribution in [0.1, 0.15) is 75.3 Å². The summed E-state index contributed by atoms with van der Waals surface area (Å²) in [6, 6.07) is 16.9. The van der Waals surface area contributed by atoms with E-state index in [1.165, 1.54) is 54.4 Å². The standard InChI is InChI=1S/C24H30O2/c1-2-3-4-5-6-7-8-17-24(25)26-18-23-21-15-11-9-13-19(21)20-14-10-12-16-22(20)23/h9-16,23H,2-8,17-18H2,1H3. The zero-order valence-corrected chi connectivity index (χ0v) is 15.9. The van der Waals surface area contributed by atoms with E-state index in [4.69, 9.17) is 4.74 Å². The van der Waals surface area contributed by atoms with Crippen LogP contribution >= 0.6 is 0 Å². The van der Waals surface area contributed by atoms with Crippen LogP contribution in [0.25, 0.3) is 11.1 Å². The number of hydrogen-bond acceptors (Lipinski definition) is 2. The lowest BCUT2D eigenvalue weighted by atomic mass is 9.98. The van der Waals surface area contributed by atoms with Gasteiger partial charge in [0.1, 0.15) is 6.61 Å². The molecule has 2 aromatic rings. The van der Waals surface area contributed by atoms with E-state index >= 15 is 0 Å². The van der Waals surface area contributed by atoms with Crippen LogP contribution in [-0.2, 0) is 9.53 Å². The van der Waals surface area contributed by atoms with Gasteiger partial charge in [-0.15, -0.1) is 0 Å². The zero-order chi connectivity index (χ0) is 18.2. The van der Waals surface area contributed by atoms with E-state index in [2.05, 4.69) is 55.5 Å². The second-order valence-electron chi connectivity index (χ2n) is 7.28. The number of esters is 1. The number of ether oxygens (including phenoxy) is 1. The number of fused-ring (bicyclic) bond motifs is 3. The molecule has 1 aliphatic rings. The van der Waals surface area contributed by atoms with Crippen LogP contribution in [-0.4, -0.2) is 12.6 Å². The third-order valence-electron chi connectivity index (χ3n) is 5.36. The van der Waals surface area contributed by atoms with Gasteiger partial charge < -0.3 is 4.74 Å². The Morgan fingerprint density at radius 2 is 1.35 bits per heavy atom. The summed E-state index contributed by atoms with van der Waals surface area (Å²) in [6.07, 6.45) is 9.07. The molecule has 0 heterocycles. The van der Waals surface area contributed by atoms with Crippen LogP contribution < -0.4 is 0 Å². The summed E-state index contributed by atoms with van der Waals surface area (Å²) in [7, 11) is 0. The molecule has 26 heavy (non-hydrogen) atoms. The van der Waals surface area contributed by atoms with Gasteiger partial charge in [-0.25, -0.2) is 0 Å². The molecule has 0 amide bonds. The number of rotatable bonds is 10. The molecule has 1 aliphatic carbocycles. The second-order valence-corrected chi connectivity index (χ2v) is 7.28. The van der Waals surface area contributed by atoms with Crippen molar-refractivity contribution in [1.29, 1.82) is 0 Å². The average Bonchev–Trinajstić information content (AvgIpc) is 3.00. The predicted molar refractivity (Wildman–Crippen MR) is 107 cm³/mol. The normalized spacial score (nSPS) is 12.7. The fourth-order valence-corrected chi connectivity index (χ4v) is 3.91.